The quantitative estimate of drug-likeness (QED) is 0.125. The number of rotatable bonds is 11. The summed E-state index contributed by atoms with van der Waals surface area (Å²) in [7, 11) is 0. The Morgan fingerprint density at radius 1 is 0.887 bits per heavy atom. The van der Waals surface area contributed by atoms with E-state index in [4.69, 9.17) is 4.52 Å². The van der Waals surface area contributed by atoms with Gasteiger partial charge < -0.3 is 25.0 Å². The zero-order valence-electron chi connectivity index (χ0n) is 35.9. The molecule has 0 saturated carbocycles. The summed E-state index contributed by atoms with van der Waals surface area (Å²) in [6.07, 6.45) is 3.94. The van der Waals surface area contributed by atoms with Crippen molar-refractivity contribution < 1.29 is 23.3 Å². The molecule has 324 valence electrons. The second-order valence-electron chi connectivity index (χ2n) is 17.5. The summed E-state index contributed by atoms with van der Waals surface area (Å²) in [6.45, 7) is 17.0. The van der Waals surface area contributed by atoms with Gasteiger partial charge >= 0.3 is 17.8 Å². The van der Waals surface area contributed by atoms with E-state index in [2.05, 4.69) is 75.0 Å². The standard InChI is InChI=1S/C46H54FN11O4/c1-29-26-32(6-15-37(29)30(2)50-42(60)43-53-44(54-62-43)46(3,4)5)40-39(47)41(49-28-48-40)51-33-7-9-34(10-8-33)57-24-22-55(23-25-57)27-31-16-19-56(20-17-31)35-11-13-36(14-12-35)58-21-18-38(59)52-45(58)61/h6-15,26,28,30-31H,16-25,27H2,1-5H3,(H,50,60)(H,48,49,51)(H,52,59,61)/t30-/m1/s1. The molecule has 3 aliphatic heterocycles. The Hall–Kier alpha value is -6.42. The maximum Gasteiger partial charge on any atom is 0.328 e. The number of nitrogens with one attached hydrogen (secondary N) is 3. The molecule has 3 aromatic carbocycles. The van der Waals surface area contributed by atoms with Crippen LogP contribution in [0, 0.1) is 18.7 Å². The largest absolute Gasteiger partial charge is 0.372 e. The van der Waals surface area contributed by atoms with Gasteiger partial charge in [-0.2, -0.15) is 4.98 Å². The van der Waals surface area contributed by atoms with Crippen LogP contribution >= 0.6 is 0 Å². The van der Waals surface area contributed by atoms with Crippen LogP contribution in [0.1, 0.15) is 80.6 Å². The number of carbonyl (C=O) groups excluding carboxylic acids is 3. The lowest BCUT2D eigenvalue weighted by Crippen LogP contribution is -2.49. The molecule has 0 spiro atoms. The van der Waals surface area contributed by atoms with Crippen LogP contribution in [0.15, 0.2) is 77.6 Å². The topological polar surface area (TPSA) is 165 Å². The molecule has 0 radical (unpaired) electrons. The van der Waals surface area contributed by atoms with Crippen molar-refractivity contribution in [2.45, 2.75) is 65.3 Å². The van der Waals surface area contributed by atoms with E-state index in [1.165, 1.54) is 6.33 Å². The fraction of sp³-hybridized carbons (Fsp3) is 0.413. The van der Waals surface area contributed by atoms with Gasteiger partial charge in [0.2, 0.25) is 5.91 Å². The molecule has 3 N–H and O–H groups in total. The van der Waals surface area contributed by atoms with Crippen molar-refractivity contribution in [1.82, 2.24) is 35.6 Å². The van der Waals surface area contributed by atoms with Crippen LogP contribution < -0.4 is 30.7 Å². The van der Waals surface area contributed by atoms with Crippen LogP contribution in [0.4, 0.5) is 37.8 Å². The molecular formula is C46H54FN11O4. The number of nitrogens with zero attached hydrogens (tertiary/aromatic N) is 8. The van der Waals surface area contributed by atoms with Crippen LogP contribution in [0.5, 0.6) is 0 Å². The maximum absolute atomic E-state index is 15.9. The van der Waals surface area contributed by atoms with Gasteiger partial charge in [0, 0.05) is 92.5 Å². The van der Waals surface area contributed by atoms with E-state index < -0.39 is 11.7 Å². The van der Waals surface area contributed by atoms with Gasteiger partial charge in [0.05, 0.1) is 6.04 Å². The molecule has 8 rings (SSSR count). The monoisotopic (exact) mass is 843 g/mol. The van der Waals surface area contributed by atoms with Crippen molar-refractivity contribution in [1.29, 1.82) is 0 Å². The van der Waals surface area contributed by atoms with Crippen molar-refractivity contribution >= 4 is 46.4 Å². The summed E-state index contributed by atoms with van der Waals surface area (Å²) < 4.78 is 21.1. The lowest BCUT2D eigenvalue weighted by Gasteiger charge is -2.40. The van der Waals surface area contributed by atoms with Crippen molar-refractivity contribution in [3.05, 3.63) is 102 Å². The minimum Gasteiger partial charge on any atom is -0.372 e. The third-order valence-corrected chi connectivity index (χ3v) is 12.0. The van der Waals surface area contributed by atoms with E-state index in [-0.39, 0.29) is 40.8 Å². The number of benzene rings is 3. The second-order valence-corrected chi connectivity index (χ2v) is 17.5. The number of piperazine rings is 1. The van der Waals surface area contributed by atoms with Gasteiger partial charge in [-0.1, -0.05) is 38.1 Å². The van der Waals surface area contributed by atoms with E-state index in [1.807, 2.05) is 71.0 Å². The average Bonchev–Trinajstić information content (AvgIpc) is 3.78. The molecule has 0 aliphatic carbocycles. The smallest absolute Gasteiger partial charge is 0.328 e. The Morgan fingerprint density at radius 3 is 2.19 bits per heavy atom. The summed E-state index contributed by atoms with van der Waals surface area (Å²) in [4.78, 5) is 58.4. The van der Waals surface area contributed by atoms with Gasteiger partial charge in [0.15, 0.2) is 17.5 Å². The molecular weight excluding hydrogens is 790 g/mol. The second kappa shape index (κ2) is 17.9. The lowest BCUT2D eigenvalue weighted by molar-refractivity contribution is -0.120. The minimum absolute atomic E-state index is 0.0830. The molecule has 15 nitrogen and oxygen atoms in total. The molecule has 62 heavy (non-hydrogen) atoms. The predicted molar refractivity (Wildman–Crippen MR) is 236 cm³/mol. The number of piperidine rings is 1. The third-order valence-electron chi connectivity index (χ3n) is 12.0. The fourth-order valence-corrected chi connectivity index (χ4v) is 8.40. The molecule has 3 saturated heterocycles. The van der Waals surface area contributed by atoms with E-state index in [0.717, 1.165) is 92.5 Å². The van der Waals surface area contributed by atoms with Crippen LogP contribution in [-0.2, 0) is 10.2 Å². The van der Waals surface area contributed by atoms with Crippen molar-refractivity contribution in [2.75, 3.05) is 72.4 Å². The van der Waals surface area contributed by atoms with Gasteiger partial charge in [-0.25, -0.2) is 19.2 Å². The first kappa shape index (κ1) is 42.3. The third kappa shape index (κ3) is 9.54. The van der Waals surface area contributed by atoms with Crippen molar-refractivity contribution in [3.8, 4) is 11.3 Å². The molecule has 2 aromatic heterocycles. The molecule has 3 aliphatic rings. The Morgan fingerprint density at radius 2 is 1.55 bits per heavy atom. The van der Waals surface area contributed by atoms with Gasteiger partial charge in [-0.05, 0) is 98.3 Å². The maximum atomic E-state index is 15.9. The Kier molecular flexibility index (Phi) is 12.2. The van der Waals surface area contributed by atoms with Crippen molar-refractivity contribution in [2.24, 2.45) is 5.92 Å². The van der Waals surface area contributed by atoms with Crippen LogP contribution in [0.2, 0.25) is 0 Å². The lowest BCUT2D eigenvalue weighted by atomic mass is 9.95. The van der Waals surface area contributed by atoms with Crippen LogP contribution in [0.3, 0.4) is 0 Å². The van der Waals surface area contributed by atoms with Gasteiger partial charge in [-0.3, -0.25) is 24.7 Å². The summed E-state index contributed by atoms with van der Waals surface area (Å²) in [5.41, 5.74) is 5.94. The molecule has 0 bridgehead atoms. The first-order valence-corrected chi connectivity index (χ1v) is 21.4. The van der Waals surface area contributed by atoms with Crippen LogP contribution in [0.25, 0.3) is 11.3 Å². The number of aryl methyl sites for hydroxylation is 1. The predicted octanol–water partition coefficient (Wildman–Crippen LogP) is 6.99. The molecule has 1 atom stereocenters. The Bertz CT molecular complexity index is 2400. The number of amides is 4. The zero-order chi connectivity index (χ0) is 43.5. The number of imide groups is 1. The highest BCUT2D eigenvalue weighted by atomic mass is 19.1. The van der Waals surface area contributed by atoms with E-state index in [0.29, 0.717) is 30.3 Å². The van der Waals surface area contributed by atoms with Crippen LogP contribution in [-0.4, -0.2) is 95.2 Å². The zero-order valence-corrected chi connectivity index (χ0v) is 35.9. The van der Waals surface area contributed by atoms with E-state index >= 15 is 4.39 Å². The fourth-order valence-electron chi connectivity index (χ4n) is 8.40. The highest BCUT2D eigenvalue weighted by molar-refractivity contribution is 6.05. The normalized spacial score (nSPS) is 17.2. The van der Waals surface area contributed by atoms with Gasteiger partial charge in [-0.15, -0.1) is 0 Å². The number of halogens is 1. The molecule has 3 fully saturated rings. The molecule has 4 amide bonds. The van der Waals surface area contributed by atoms with Gasteiger partial charge in [0.25, 0.3) is 0 Å². The minimum atomic E-state index is -0.558. The van der Waals surface area contributed by atoms with E-state index in [1.54, 1.807) is 11.0 Å². The molecule has 0 unspecified atom stereocenters. The number of carbonyl (C=O) groups is 3. The van der Waals surface area contributed by atoms with Gasteiger partial charge in [0.1, 0.15) is 12.0 Å². The number of hydrogen-bond donors (Lipinski definition) is 3. The molecule has 5 aromatic rings. The summed E-state index contributed by atoms with van der Waals surface area (Å²) in [6, 6.07) is 20.9. The molecule has 5 heterocycles. The number of aromatic nitrogens is 4. The summed E-state index contributed by atoms with van der Waals surface area (Å²) in [5.74, 6) is -0.160. The molecule has 16 heteroatoms. The highest BCUT2D eigenvalue weighted by Crippen LogP contribution is 2.31. The first-order chi connectivity index (χ1) is 29.8. The van der Waals surface area contributed by atoms with Crippen molar-refractivity contribution in [3.63, 3.8) is 0 Å². The first-order valence-electron chi connectivity index (χ1n) is 21.4. The average molecular weight is 844 g/mol. The summed E-state index contributed by atoms with van der Waals surface area (Å²) >= 11 is 0. The summed E-state index contributed by atoms with van der Waals surface area (Å²) in [5, 5.41) is 12.4. The SMILES string of the molecule is Cc1cc(-c2ncnc(Nc3ccc(N4CCN(CC5CCN(c6ccc(N7CCC(=O)NC7=O)cc6)CC5)CC4)cc3)c2F)ccc1[C@@H](C)NC(=O)c1nc(C(C)(C)C)no1. The highest BCUT2D eigenvalue weighted by Gasteiger charge is 2.28. The number of urea groups is 1. The van der Waals surface area contributed by atoms with E-state index in [9.17, 15) is 14.4 Å². The Balaban J connectivity index is 0.797. The number of hydrogen-bond acceptors (Lipinski definition) is 12. The number of anilines is 5. The Labute approximate surface area is 361 Å².